The molecule has 8 heteroatoms. The lowest BCUT2D eigenvalue weighted by atomic mass is 10.1. The van der Waals surface area contributed by atoms with Crippen LogP contribution >= 0.6 is 11.6 Å². The van der Waals surface area contributed by atoms with Crippen molar-refractivity contribution in [1.82, 2.24) is 9.91 Å². The smallest absolute Gasteiger partial charge is 0.269 e. The van der Waals surface area contributed by atoms with Crippen molar-refractivity contribution in [3.8, 4) is 0 Å². The number of hydrogen-bond acceptors (Lipinski definition) is 5. The van der Waals surface area contributed by atoms with E-state index in [0.29, 0.717) is 22.8 Å². The molecular weight excluding hydrogens is 428 g/mol. The summed E-state index contributed by atoms with van der Waals surface area (Å²) in [5.74, 6) is -0.175. The second-order valence-electron chi connectivity index (χ2n) is 7.55. The third-order valence-electron chi connectivity index (χ3n) is 5.30. The first-order valence-electron chi connectivity index (χ1n) is 10.1. The van der Waals surface area contributed by atoms with Crippen LogP contribution < -0.4 is 0 Å². The summed E-state index contributed by atoms with van der Waals surface area (Å²) in [6.07, 6.45) is -0.565. The van der Waals surface area contributed by atoms with E-state index < -0.39 is 11.1 Å². The van der Waals surface area contributed by atoms with Crippen LogP contribution in [0.2, 0.25) is 5.02 Å². The highest BCUT2D eigenvalue weighted by atomic mass is 35.5. The second-order valence-corrected chi connectivity index (χ2v) is 7.98. The van der Waals surface area contributed by atoms with E-state index in [4.69, 9.17) is 11.6 Å². The van der Waals surface area contributed by atoms with Gasteiger partial charge in [-0.25, -0.2) is 5.01 Å². The topological polar surface area (TPSA) is 79.0 Å². The largest absolute Gasteiger partial charge is 0.271 e. The monoisotopic (exact) mass is 448 g/mol. The number of non-ortho nitro benzene ring substituents is 1. The summed E-state index contributed by atoms with van der Waals surface area (Å²) in [4.78, 5) is 25.9. The molecule has 7 nitrogen and oxygen atoms in total. The number of benzene rings is 3. The number of halogens is 1. The van der Waals surface area contributed by atoms with Crippen LogP contribution in [0.3, 0.4) is 0 Å². The Labute approximate surface area is 190 Å². The van der Waals surface area contributed by atoms with E-state index in [9.17, 15) is 14.9 Å². The van der Waals surface area contributed by atoms with Crippen LogP contribution in [0.1, 0.15) is 29.8 Å². The highest BCUT2D eigenvalue weighted by Crippen LogP contribution is 2.34. The normalized spacial score (nSPS) is 17.1. The molecule has 0 radical (unpaired) electrons. The molecule has 1 amide bonds. The van der Waals surface area contributed by atoms with Crippen LogP contribution in [0.15, 0.2) is 84.0 Å². The fourth-order valence-electron chi connectivity index (χ4n) is 3.76. The van der Waals surface area contributed by atoms with E-state index in [0.717, 1.165) is 11.1 Å². The van der Waals surface area contributed by atoms with Gasteiger partial charge in [0.1, 0.15) is 6.17 Å². The van der Waals surface area contributed by atoms with Gasteiger partial charge < -0.3 is 0 Å². The van der Waals surface area contributed by atoms with E-state index in [-0.39, 0.29) is 18.1 Å². The number of nitro groups is 1. The standard InChI is InChI=1S/C24H21ClN4O3/c1-17(19-10-12-21(25)13-11-19)26-28-23(30)16-27(15-18-6-3-2-4-7-18)24(28)20-8-5-9-22(14-20)29(31)32/h2-14,24H,15-16H2,1H3/b26-17+. The molecule has 1 aliphatic heterocycles. The Hall–Kier alpha value is -3.55. The van der Waals surface area contributed by atoms with Gasteiger partial charge in [0.2, 0.25) is 0 Å². The van der Waals surface area contributed by atoms with Gasteiger partial charge >= 0.3 is 0 Å². The van der Waals surface area contributed by atoms with Crippen LogP contribution in [-0.4, -0.2) is 33.0 Å². The molecule has 0 aromatic heterocycles. The van der Waals surface area contributed by atoms with Crippen LogP contribution in [0.25, 0.3) is 0 Å². The molecule has 1 aliphatic rings. The predicted molar refractivity (Wildman–Crippen MR) is 123 cm³/mol. The summed E-state index contributed by atoms with van der Waals surface area (Å²) in [6.45, 7) is 2.48. The van der Waals surface area contributed by atoms with E-state index in [1.54, 1.807) is 24.3 Å². The fraction of sp³-hybridized carbons (Fsp3) is 0.167. The first-order chi connectivity index (χ1) is 15.4. The Kier molecular flexibility index (Phi) is 6.30. The molecule has 3 aromatic rings. The summed E-state index contributed by atoms with van der Waals surface area (Å²) >= 11 is 5.98. The summed E-state index contributed by atoms with van der Waals surface area (Å²) < 4.78 is 0. The van der Waals surface area contributed by atoms with Crippen molar-refractivity contribution in [3.05, 3.63) is 111 Å². The Balaban J connectivity index is 1.74. The minimum atomic E-state index is -0.565. The minimum absolute atomic E-state index is 0.0279. The molecule has 1 unspecified atom stereocenters. The van der Waals surface area contributed by atoms with Crippen LogP contribution in [0, 0.1) is 10.1 Å². The Morgan fingerprint density at radius 3 is 2.50 bits per heavy atom. The number of nitrogens with zero attached hydrogens (tertiary/aromatic N) is 4. The number of rotatable bonds is 6. The highest BCUT2D eigenvalue weighted by molar-refractivity contribution is 6.30. The van der Waals surface area contributed by atoms with Crippen molar-refractivity contribution in [2.75, 3.05) is 6.54 Å². The molecule has 1 saturated heterocycles. The van der Waals surface area contributed by atoms with Crippen molar-refractivity contribution in [3.63, 3.8) is 0 Å². The van der Waals surface area contributed by atoms with Gasteiger partial charge in [-0.3, -0.25) is 19.8 Å². The summed E-state index contributed by atoms with van der Waals surface area (Å²) in [5, 5.41) is 18.0. The van der Waals surface area contributed by atoms with Gasteiger partial charge in [0.25, 0.3) is 11.6 Å². The number of hydrogen-bond donors (Lipinski definition) is 0. The van der Waals surface area contributed by atoms with Gasteiger partial charge in [-0.2, -0.15) is 5.10 Å². The predicted octanol–water partition coefficient (Wildman–Crippen LogP) is 5.02. The van der Waals surface area contributed by atoms with Gasteiger partial charge in [0, 0.05) is 23.7 Å². The quantitative estimate of drug-likeness (QED) is 0.301. The molecule has 0 spiro atoms. The van der Waals surface area contributed by atoms with E-state index >= 15 is 0 Å². The van der Waals surface area contributed by atoms with Crippen molar-refractivity contribution >= 4 is 28.9 Å². The van der Waals surface area contributed by atoms with Gasteiger partial charge in [-0.15, -0.1) is 0 Å². The molecule has 32 heavy (non-hydrogen) atoms. The molecule has 0 saturated carbocycles. The minimum Gasteiger partial charge on any atom is -0.271 e. The van der Waals surface area contributed by atoms with Crippen LogP contribution in [0.4, 0.5) is 5.69 Å². The summed E-state index contributed by atoms with van der Waals surface area (Å²) in [6, 6.07) is 23.4. The molecule has 1 fully saturated rings. The molecule has 0 bridgehead atoms. The zero-order valence-corrected chi connectivity index (χ0v) is 18.1. The van der Waals surface area contributed by atoms with E-state index in [1.807, 2.05) is 54.3 Å². The molecule has 162 valence electrons. The first-order valence-corrected chi connectivity index (χ1v) is 10.5. The average Bonchev–Trinajstić information content (AvgIpc) is 3.09. The summed E-state index contributed by atoms with van der Waals surface area (Å²) in [7, 11) is 0. The molecule has 0 aliphatic carbocycles. The maximum atomic E-state index is 13.0. The molecule has 3 aromatic carbocycles. The molecule has 1 heterocycles. The lowest BCUT2D eigenvalue weighted by molar-refractivity contribution is -0.385. The zero-order chi connectivity index (χ0) is 22.7. The molecule has 4 rings (SSSR count). The number of carbonyl (C=O) groups is 1. The molecular formula is C24H21ClN4O3. The Bertz CT molecular complexity index is 1170. The molecule has 0 N–H and O–H groups in total. The maximum Gasteiger partial charge on any atom is 0.269 e. The number of hydrazone groups is 1. The van der Waals surface area contributed by atoms with E-state index in [1.165, 1.54) is 17.1 Å². The number of carbonyl (C=O) groups excluding carboxylic acids is 1. The van der Waals surface area contributed by atoms with Crippen molar-refractivity contribution < 1.29 is 9.72 Å². The SMILES string of the molecule is C/C(=N\N1C(=O)CN(Cc2ccccc2)C1c1cccc([N+](=O)[O-])c1)c1ccc(Cl)cc1. The van der Waals surface area contributed by atoms with Gasteiger partial charge in [0.15, 0.2) is 0 Å². The van der Waals surface area contributed by atoms with Crippen molar-refractivity contribution in [2.24, 2.45) is 5.10 Å². The van der Waals surface area contributed by atoms with E-state index in [2.05, 4.69) is 5.10 Å². The first kappa shape index (κ1) is 21.7. The van der Waals surface area contributed by atoms with Crippen LogP contribution in [-0.2, 0) is 11.3 Å². The Morgan fingerprint density at radius 1 is 1.09 bits per heavy atom. The van der Waals surface area contributed by atoms with Crippen molar-refractivity contribution in [1.29, 1.82) is 0 Å². The lowest BCUT2D eigenvalue weighted by Gasteiger charge is -2.27. The number of nitro benzene ring substituents is 1. The van der Waals surface area contributed by atoms with Gasteiger partial charge in [-0.1, -0.05) is 66.2 Å². The third kappa shape index (κ3) is 4.69. The highest BCUT2D eigenvalue weighted by Gasteiger charge is 2.39. The fourth-order valence-corrected chi connectivity index (χ4v) is 3.88. The second kappa shape index (κ2) is 9.30. The van der Waals surface area contributed by atoms with Crippen molar-refractivity contribution in [2.45, 2.75) is 19.6 Å². The zero-order valence-electron chi connectivity index (χ0n) is 17.4. The molecule has 1 atom stereocenters. The van der Waals surface area contributed by atoms with Crippen LogP contribution in [0.5, 0.6) is 0 Å². The average molecular weight is 449 g/mol. The van der Waals surface area contributed by atoms with Gasteiger partial charge in [-0.05, 0) is 35.7 Å². The Morgan fingerprint density at radius 2 is 1.81 bits per heavy atom. The lowest BCUT2D eigenvalue weighted by Crippen LogP contribution is -2.29. The maximum absolute atomic E-state index is 13.0. The van der Waals surface area contributed by atoms with Gasteiger partial charge in [0.05, 0.1) is 17.2 Å². The summed E-state index contributed by atoms with van der Waals surface area (Å²) in [5.41, 5.74) is 3.12. The third-order valence-corrected chi connectivity index (χ3v) is 5.55. The number of amides is 1.